The van der Waals surface area contributed by atoms with E-state index in [-0.39, 0.29) is 0 Å². The van der Waals surface area contributed by atoms with Gasteiger partial charge in [-0.15, -0.1) is 0 Å². The zero-order valence-corrected chi connectivity index (χ0v) is 45.7. The van der Waals surface area contributed by atoms with Gasteiger partial charge in [-0.3, -0.25) is 0 Å². The smallest absolute Gasteiger partial charge is 0.208 e. The highest BCUT2D eigenvalue weighted by atomic mass is 31.2. The maximum Gasteiger partial charge on any atom is 0.208 e. The Morgan fingerprint density at radius 2 is 0.385 bits per heavy atom. The average molecular weight is 1070 g/mol. The SMILES string of the molecule is CC1(C)O[C@H]2[C@H](O1)C(c1ccccc1)(c1ccccc1)OP(c1ccccc1P1OC(c3ccccc3)(c3ccccc3)[C@H]3OC(C)(C)O[C@@H]3C(c3ccccc3)(c3ccccc3)O1)OC2(c1ccccc1)c1ccccc1. The molecule has 0 bridgehead atoms. The minimum atomic E-state index is -2.25. The van der Waals surface area contributed by atoms with Crippen molar-refractivity contribution < 1.29 is 37.0 Å². The summed E-state index contributed by atoms with van der Waals surface area (Å²) in [6.45, 7) is 7.91. The molecule has 10 heteroatoms. The van der Waals surface area contributed by atoms with Crippen molar-refractivity contribution in [2.45, 2.75) is 86.1 Å². The molecular weight excluding hydrogens is 1010 g/mol. The van der Waals surface area contributed by atoms with Gasteiger partial charge in [0.15, 0.2) is 34.0 Å². The van der Waals surface area contributed by atoms with Gasteiger partial charge in [0.2, 0.25) is 16.8 Å². The van der Waals surface area contributed by atoms with E-state index >= 15 is 0 Å². The predicted octanol–water partition coefficient (Wildman–Crippen LogP) is 14.5. The summed E-state index contributed by atoms with van der Waals surface area (Å²) in [5.74, 6) is -2.13. The van der Waals surface area contributed by atoms with Crippen LogP contribution in [0.25, 0.3) is 0 Å². The van der Waals surface area contributed by atoms with Crippen molar-refractivity contribution in [3.8, 4) is 0 Å². The van der Waals surface area contributed by atoms with E-state index in [1.807, 2.05) is 76.2 Å². The molecule has 4 atom stereocenters. The quantitative estimate of drug-likeness (QED) is 0.125. The van der Waals surface area contributed by atoms with Crippen molar-refractivity contribution in [3.63, 3.8) is 0 Å². The van der Waals surface area contributed by atoms with Crippen LogP contribution in [0.5, 0.6) is 0 Å². The minimum absolute atomic E-state index is 0.754. The Morgan fingerprint density at radius 3 is 0.551 bits per heavy atom. The Hall–Kier alpha value is -6.48. The van der Waals surface area contributed by atoms with Crippen molar-refractivity contribution in [1.29, 1.82) is 0 Å². The van der Waals surface area contributed by atoms with Gasteiger partial charge in [-0.2, -0.15) is 0 Å². The lowest BCUT2D eigenvalue weighted by Gasteiger charge is -2.41. The zero-order chi connectivity index (χ0) is 53.0. The lowest BCUT2D eigenvalue weighted by molar-refractivity contribution is -0.174. The summed E-state index contributed by atoms with van der Waals surface area (Å²) in [5, 5.41) is 1.51. The van der Waals surface area contributed by atoms with Crippen molar-refractivity contribution in [2.24, 2.45) is 0 Å². The molecule has 9 aromatic rings. The molecule has 4 saturated heterocycles. The van der Waals surface area contributed by atoms with Gasteiger partial charge in [0.05, 0.1) is 0 Å². The summed E-state index contributed by atoms with van der Waals surface area (Å²) in [4.78, 5) is 0. The summed E-state index contributed by atoms with van der Waals surface area (Å²) in [6, 6.07) is 91.5. The molecule has 0 radical (unpaired) electrons. The van der Waals surface area contributed by atoms with Gasteiger partial charge in [-0.05, 0) is 84.3 Å². The van der Waals surface area contributed by atoms with E-state index in [2.05, 4.69) is 218 Å². The second-order valence-electron chi connectivity index (χ2n) is 21.2. The maximum absolute atomic E-state index is 8.26. The Kier molecular flexibility index (Phi) is 13.3. The molecule has 0 amide bonds. The van der Waals surface area contributed by atoms with E-state index in [1.165, 1.54) is 0 Å². The van der Waals surface area contributed by atoms with Crippen molar-refractivity contribution in [3.05, 3.63) is 311 Å². The molecule has 0 N–H and O–H groups in total. The van der Waals surface area contributed by atoms with Gasteiger partial charge in [-0.25, -0.2) is 0 Å². The Morgan fingerprint density at radius 1 is 0.231 bits per heavy atom. The molecule has 0 spiro atoms. The second-order valence-corrected chi connectivity index (χ2v) is 23.9. The van der Waals surface area contributed by atoms with Crippen molar-refractivity contribution in [2.75, 3.05) is 0 Å². The summed E-state index contributed by atoms with van der Waals surface area (Å²) < 4.78 is 62.7. The largest absolute Gasteiger partial charge is 0.341 e. The number of hydrogen-bond acceptors (Lipinski definition) is 8. The standard InChI is InChI=1S/C68H60O8P2/c1-63(2)69-59-60(70-63)66(51-35-17-7-18-36-51,52-37-19-8-20-38-52)74-77(73-65(59,49-31-13-5-14-32-49)50-33-15-6-16-34-50)57-47-29-30-48-58(57)78-75-67(53-39-21-9-22-40-53,54-41-23-10-24-42-54)61-62(72-64(3,4)71-61)68(76-78,55-43-25-11-26-44-55)56-45-27-12-28-46-56/h5-48,59-62H,1-4H3/t59-,60-,61-,62-/m0/s1. The first-order valence-corrected chi connectivity index (χ1v) is 29.0. The number of ether oxygens (including phenoxy) is 4. The number of rotatable bonds is 10. The van der Waals surface area contributed by atoms with Gasteiger partial charge in [-0.1, -0.05) is 255 Å². The number of hydrogen-bond donors (Lipinski definition) is 0. The van der Waals surface area contributed by atoms with Gasteiger partial charge >= 0.3 is 0 Å². The Bertz CT molecular complexity index is 2870. The Labute approximate surface area is 459 Å². The van der Waals surface area contributed by atoms with Gasteiger partial charge in [0, 0.05) is 10.6 Å². The monoisotopic (exact) mass is 1070 g/mol. The van der Waals surface area contributed by atoms with Gasteiger partial charge in [0.25, 0.3) is 0 Å². The normalized spacial score (nSPS) is 23.7. The topological polar surface area (TPSA) is 73.8 Å². The molecule has 4 fully saturated rings. The van der Waals surface area contributed by atoms with Crippen LogP contribution in [0, 0.1) is 0 Å². The lowest BCUT2D eigenvalue weighted by atomic mass is 9.72. The summed E-state index contributed by atoms with van der Waals surface area (Å²) in [5.41, 5.74) is 1.75. The molecule has 4 heterocycles. The van der Waals surface area contributed by atoms with Gasteiger partial charge < -0.3 is 37.0 Å². The highest BCUT2D eigenvalue weighted by Crippen LogP contribution is 2.68. The molecule has 13 rings (SSSR count). The molecule has 0 saturated carbocycles. The average Bonchev–Trinajstić information content (AvgIpc) is 3.90. The molecule has 0 aliphatic carbocycles. The van der Waals surface area contributed by atoms with Crippen LogP contribution in [0.1, 0.15) is 72.2 Å². The first kappa shape index (κ1) is 51.0. The van der Waals surface area contributed by atoms with Crippen LogP contribution in [0.4, 0.5) is 0 Å². The first-order valence-electron chi connectivity index (χ1n) is 26.7. The van der Waals surface area contributed by atoms with Crippen LogP contribution >= 0.6 is 16.8 Å². The molecule has 0 aromatic heterocycles. The van der Waals surface area contributed by atoms with Crippen LogP contribution in [0.15, 0.2) is 267 Å². The van der Waals surface area contributed by atoms with Crippen LogP contribution in [0.2, 0.25) is 0 Å². The van der Waals surface area contributed by atoms with E-state index in [4.69, 9.17) is 37.0 Å². The van der Waals surface area contributed by atoms with Crippen molar-refractivity contribution in [1.82, 2.24) is 0 Å². The zero-order valence-electron chi connectivity index (χ0n) is 43.9. The first-order chi connectivity index (χ1) is 38.1. The molecule has 9 aromatic carbocycles. The lowest BCUT2D eigenvalue weighted by Crippen LogP contribution is -2.53. The van der Waals surface area contributed by atoms with Crippen LogP contribution in [-0.4, -0.2) is 36.0 Å². The fourth-order valence-electron chi connectivity index (χ4n) is 12.3. The fourth-order valence-corrected chi connectivity index (χ4v) is 16.5. The predicted molar refractivity (Wildman–Crippen MR) is 306 cm³/mol. The van der Waals surface area contributed by atoms with Crippen LogP contribution < -0.4 is 10.6 Å². The molecular formula is C68H60O8P2. The number of benzene rings is 9. The van der Waals surface area contributed by atoms with E-state index in [0.717, 1.165) is 55.1 Å². The molecule has 0 unspecified atom stereocenters. The minimum Gasteiger partial charge on any atom is -0.341 e. The van der Waals surface area contributed by atoms with Gasteiger partial charge in [0.1, 0.15) is 24.4 Å². The fraction of sp³-hybridized carbons (Fsp3) is 0.206. The number of fused-ring (bicyclic) bond motifs is 2. The molecule has 4 aliphatic heterocycles. The van der Waals surface area contributed by atoms with E-state index in [9.17, 15) is 0 Å². The molecule has 8 nitrogen and oxygen atoms in total. The Balaban J connectivity index is 1.12. The molecule has 78 heavy (non-hydrogen) atoms. The third-order valence-electron chi connectivity index (χ3n) is 15.6. The summed E-state index contributed by atoms with van der Waals surface area (Å²) in [7, 11) is -4.49. The van der Waals surface area contributed by atoms with Crippen molar-refractivity contribution >= 4 is 27.4 Å². The highest BCUT2D eigenvalue weighted by molar-refractivity contribution is 7.63. The summed E-state index contributed by atoms with van der Waals surface area (Å²) in [6.07, 6.45) is -3.12. The van der Waals surface area contributed by atoms with E-state index < -0.39 is 75.1 Å². The molecule has 4 aliphatic rings. The second kappa shape index (κ2) is 20.3. The third-order valence-corrected chi connectivity index (χ3v) is 19.2. The molecule has 390 valence electrons. The highest BCUT2D eigenvalue weighted by Gasteiger charge is 2.69. The maximum atomic E-state index is 8.26. The van der Waals surface area contributed by atoms with Crippen LogP contribution in [0.3, 0.4) is 0 Å². The summed E-state index contributed by atoms with van der Waals surface area (Å²) >= 11 is 0. The van der Waals surface area contributed by atoms with Crippen LogP contribution in [-0.2, 0) is 59.4 Å². The third kappa shape index (κ3) is 8.45. The van der Waals surface area contributed by atoms with E-state index in [1.54, 1.807) is 0 Å². The van der Waals surface area contributed by atoms with E-state index in [0.29, 0.717) is 0 Å².